The first-order chi connectivity index (χ1) is 11.1. The average molecular weight is 400 g/mol. The summed E-state index contributed by atoms with van der Waals surface area (Å²) < 4.78 is 8.07. The van der Waals surface area contributed by atoms with Gasteiger partial charge in [-0.15, -0.1) is 11.3 Å². The number of imidazole rings is 1. The lowest BCUT2D eigenvalue weighted by molar-refractivity contribution is 0.0487. The molecule has 3 aromatic rings. The Morgan fingerprint density at radius 3 is 3.00 bits per heavy atom. The Balaban J connectivity index is 2.05. The minimum atomic E-state index is -0.387. The van der Waals surface area contributed by atoms with E-state index in [0.717, 1.165) is 9.35 Å². The third kappa shape index (κ3) is 3.44. The molecule has 10 heteroatoms. The second-order valence-corrected chi connectivity index (χ2v) is 6.66. The summed E-state index contributed by atoms with van der Waals surface area (Å²) in [5.74, 6) is 0.673. The van der Waals surface area contributed by atoms with E-state index in [9.17, 15) is 4.79 Å². The van der Waals surface area contributed by atoms with Gasteiger partial charge >= 0.3 is 0 Å². The number of aromatic nitrogens is 4. The van der Waals surface area contributed by atoms with E-state index in [2.05, 4.69) is 30.9 Å². The van der Waals surface area contributed by atoms with Crippen LogP contribution >= 0.6 is 27.3 Å². The van der Waals surface area contributed by atoms with Crippen LogP contribution < -0.4 is 11.3 Å². The van der Waals surface area contributed by atoms with Crippen molar-refractivity contribution in [2.75, 3.05) is 18.9 Å². The van der Waals surface area contributed by atoms with Crippen LogP contribution in [0.4, 0.5) is 5.95 Å². The van der Waals surface area contributed by atoms with Gasteiger partial charge in [0.15, 0.2) is 11.2 Å². The predicted octanol–water partition coefficient (Wildman–Crippen LogP) is 1.08. The molecule has 0 bridgehead atoms. The molecule has 0 unspecified atom stereocenters. The molecule has 0 saturated carbocycles. The zero-order valence-corrected chi connectivity index (χ0v) is 14.4. The van der Waals surface area contributed by atoms with Gasteiger partial charge in [0.05, 0.1) is 13.2 Å². The number of aliphatic hydroxyl groups excluding tert-OH is 1. The van der Waals surface area contributed by atoms with Crippen molar-refractivity contribution >= 4 is 44.4 Å². The molecule has 8 nitrogen and oxygen atoms in total. The molecule has 3 aromatic heterocycles. The van der Waals surface area contributed by atoms with Crippen LogP contribution in [0.3, 0.4) is 0 Å². The van der Waals surface area contributed by atoms with Crippen molar-refractivity contribution in [2.24, 2.45) is 0 Å². The molecule has 122 valence electrons. The molecule has 0 aromatic carbocycles. The summed E-state index contributed by atoms with van der Waals surface area (Å²) in [6.45, 7) is 0.229. The summed E-state index contributed by atoms with van der Waals surface area (Å²) in [6, 6.07) is 1.99. The number of rotatable bonds is 6. The molecule has 0 aliphatic rings. The van der Waals surface area contributed by atoms with Crippen LogP contribution in [0.25, 0.3) is 11.2 Å². The second kappa shape index (κ2) is 6.79. The third-order valence-electron chi connectivity index (χ3n) is 3.11. The van der Waals surface area contributed by atoms with Crippen molar-refractivity contribution in [2.45, 2.75) is 13.2 Å². The van der Waals surface area contributed by atoms with Crippen molar-refractivity contribution < 1.29 is 9.84 Å². The Labute approximate surface area is 143 Å². The number of thiophene rings is 1. The van der Waals surface area contributed by atoms with Gasteiger partial charge in [-0.2, -0.15) is 4.98 Å². The van der Waals surface area contributed by atoms with Gasteiger partial charge in [-0.1, -0.05) is 0 Å². The Morgan fingerprint density at radius 2 is 2.30 bits per heavy atom. The van der Waals surface area contributed by atoms with E-state index in [1.807, 2.05) is 11.4 Å². The van der Waals surface area contributed by atoms with Crippen LogP contribution in [0.15, 0.2) is 20.7 Å². The number of anilines is 1. The standard InChI is InChI=1S/C13H14BrN5O3S/c14-7-3-8(23-5-7)4-9-16-10-11(17-13(15)18-12(10)21)19(9)6-22-2-1-20/h3,5,20H,1-2,4,6H2,(H3,15,17,18,21). The van der Waals surface area contributed by atoms with Crippen LogP contribution in [0.5, 0.6) is 0 Å². The van der Waals surface area contributed by atoms with Gasteiger partial charge in [0, 0.05) is 21.2 Å². The van der Waals surface area contributed by atoms with Gasteiger partial charge in [-0.3, -0.25) is 14.3 Å². The molecule has 0 saturated heterocycles. The highest BCUT2D eigenvalue weighted by Crippen LogP contribution is 2.23. The van der Waals surface area contributed by atoms with Gasteiger partial charge in [-0.05, 0) is 22.0 Å². The summed E-state index contributed by atoms with van der Waals surface area (Å²) in [6.07, 6.45) is 0.536. The number of nitrogens with two attached hydrogens (primary N) is 1. The SMILES string of the molecule is Nc1nc2c(nc(Cc3cc(Br)cs3)n2COCCO)c(=O)[nH]1. The number of nitrogen functional groups attached to an aromatic ring is 1. The molecular weight excluding hydrogens is 386 g/mol. The number of nitrogens with one attached hydrogen (secondary N) is 1. The Morgan fingerprint density at radius 1 is 1.48 bits per heavy atom. The summed E-state index contributed by atoms with van der Waals surface area (Å²) in [4.78, 5) is 24.1. The maximum Gasteiger partial charge on any atom is 0.280 e. The Kier molecular flexibility index (Phi) is 4.76. The largest absolute Gasteiger partial charge is 0.394 e. The van der Waals surface area contributed by atoms with Crippen molar-refractivity contribution in [3.8, 4) is 0 Å². The van der Waals surface area contributed by atoms with Crippen molar-refractivity contribution in [1.82, 2.24) is 19.5 Å². The number of ether oxygens (including phenoxy) is 1. The quantitative estimate of drug-likeness (QED) is 0.533. The molecule has 0 amide bonds. The molecular formula is C13H14BrN5O3S. The maximum atomic E-state index is 12.0. The topological polar surface area (TPSA) is 119 Å². The lowest BCUT2D eigenvalue weighted by Gasteiger charge is -2.08. The number of aliphatic hydroxyl groups is 1. The van der Waals surface area contributed by atoms with Crippen LogP contribution in [-0.2, 0) is 17.9 Å². The first kappa shape index (κ1) is 16.1. The number of halogens is 1. The average Bonchev–Trinajstić information content (AvgIpc) is 3.05. The minimum Gasteiger partial charge on any atom is -0.394 e. The number of H-pyrrole nitrogens is 1. The summed E-state index contributed by atoms with van der Waals surface area (Å²) in [5, 5.41) is 10.8. The van der Waals surface area contributed by atoms with E-state index in [4.69, 9.17) is 15.6 Å². The smallest absolute Gasteiger partial charge is 0.280 e. The summed E-state index contributed by atoms with van der Waals surface area (Å²) >= 11 is 5.00. The van der Waals surface area contributed by atoms with Gasteiger partial charge < -0.3 is 15.6 Å². The van der Waals surface area contributed by atoms with Crippen molar-refractivity contribution in [3.05, 3.63) is 37.0 Å². The highest BCUT2D eigenvalue weighted by atomic mass is 79.9. The zero-order valence-electron chi connectivity index (χ0n) is 12.0. The highest BCUT2D eigenvalue weighted by Gasteiger charge is 2.16. The zero-order chi connectivity index (χ0) is 16.4. The van der Waals surface area contributed by atoms with Crippen LogP contribution in [0.2, 0.25) is 0 Å². The van der Waals surface area contributed by atoms with Gasteiger partial charge in [0.2, 0.25) is 5.95 Å². The summed E-state index contributed by atoms with van der Waals surface area (Å²) in [5.41, 5.74) is 5.82. The monoisotopic (exact) mass is 399 g/mol. The number of aromatic amines is 1. The molecule has 0 aliphatic heterocycles. The molecule has 0 spiro atoms. The predicted molar refractivity (Wildman–Crippen MR) is 90.4 cm³/mol. The Hall–Kier alpha value is -1.75. The van der Waals surface area contributed by atoms with Crippen LogP contribution in [0.1, 0.15) is 10.7 Å². The fraction of sp³-hybridized carbons (Fsp3) is 0.308. The molecule has 4 N–H and O–H groups in total. The van der Waals surface area contributed by atoms with Gasteiger partial charge in [-0.25, -0.2) is 4.98 Å². The molecule has 0 fully saturated rings. The molecule has 3 heterocycles. The molecule has 23 heavy (non-hydrogen) atoms. The molecule has 0 radical (unpaired) electrons. The normalized spacial score (nSPS) is 11.4. The number of nitrogens with zero attached hydrogens (tertiary/aromatic N) is 3. The number of fused-ring (bicyclic) bond motifs is 1. The van der Waals surface area contributed by atoms with Gasteiger partial charge in [0.1, 0.15) is 12.6 Å². The third-order valence-corrected chi connectivity index (χ3v) is 4.81. The van der Waals surface area contributed by atoms with E-state index >= 15 is 0 Å². The Bertz CT molecular complexity index is 887. The van der Waals surface area contributed by atoms with E-state index in [1.165, 1.54) is 0 Å². The molecule has 3 rings (SSSR count). The lowest BCUT2D eigenvalue weighted by atomic mass is 10.3. The van der Waals surface area contributed by atoms with Crippen LogP contribution in [-0.4, -0.2) is 37.8 Å². The van der Waals surface area contributed by atoms with Crippen LogP contribution in [0, 0.1) is 0 Å². The number of hydrogen-bond donors (Lipinski definition) is 3. The van der Waals surface area contributed by atoms with E-state index in [-0.39, 0.29) is 37.0 Å². The molecule has 0 aliphatic carbocycles. The van der Waals surface area contributed by atoms with Gasteiger partial charge in [0.25, 0.3) is 5.56 Å². The van der Waals surface area contributed by atoms with Crippen molar-refractivity contribution in [1.29, 1.82) is 0 Å². The minimum absolute atomic E-state index is 0.0243. The van der Waals surface area contributed by atoms with E-state index in [0.29, 0.717) is 17.9 Å². The van der Waals surface area contributed by atoms with Crippen molar-refractivity contribution in [3.63, 3.8) is 0 Å². The first-order valence-corrected chi connectivity index (χ1v) is 8.42. The second-order valence-electron chi connectivity index (χ2n) is 4.75. The first-order valence-electron chi connectivity index (χ1n) is 6.75. The number of hydrogen-bond acceptors (Lipinski definition) is 7. The highest BCUT2D eigenvalue weighted by molar-refractivity contribution is 9.10. The maximum absolute atomic E-state index is 12.0. The molecule has 0 atom stereocenters. The fourth-order valence-corrected chi connectivity index (χ4v) is 3.61. The summed E-state index contributed by atoms with van der Waals surface area (Å²) in [7, 11) is 0. The fourth-order valence-electron chi connectivity index (χ4n) is 2.17. The van der Waals surface area contributed by atoms with E-state index < -0.39 is 0 Å². The lowest BCUT2D eigenvalue weighted by Crippen LogP contribution is -2.13. The van der Waals surface area contributed by atoms with E-state index in [1.54, 1.807) is 15.9 Å².